The number of rotatable bonds is 12. The molecule has 1 atom stereocenters. The smallest absolute Gasteiger partial charge is 0.314 e. The fourth-order valence-electron chi connectivity index (χ4n) is 4.41. The summed E-state index contributed by atoms with van der Waals surface area (Å²) in [5, 5.41) is 12.9. The van der Waals surface area contributed by atoms with Gasteiger partial charge in [0, 0.05) is 6.54 Å². The number of carbonyl (C=O) groups is 1. The van der Waals surface area contributed by atoms with Gasteiger partial charge in [0.05, 0.1) is 5.41 Å². The van der Waals surface area contributed by atoms with Gasteiger partial charge in [0.1, 0.15) is 24.2 Å². The molecule has 0 amide bonds. The Morgan fingerprint density at radius 2 is 1.49 bits per heavy atom. The first kappa shape index (κ1) is 30.0. The molecule has 1 heterocycles. The largest absolute Gasteiger partial charge is 0.491 e. The highest BCUT2D eigenvalue weighted by Crippen LogP contribution is 2.40. The lowest BCUT2D eigenvalue weighted by Crippen LogP contribution is -2.29. The van der Waals surface area contributed by atoms with E-state index >= 15 is 0 Å². The van der Waals surface area contributed by atoms with Gasteiger partial charge in [0.15, 0.2) is 11.5 Å². The Bertz CT molecular complexity index is 1340. The molecule has 0 saturated carbocycles. The Hall–Kier alpha value is -4.01. The molecule has 0 saturated heterocycles. The zero-order valence-electron chi connectivity index (χ0n) is 24.4. The first-order valence-corrected chi connectivity index (χ1v) is 13.8. The Morgan fingerprint density at radius 1 is 0.902 bits per heavy atom. The second-order valence-corrected chi connectivity index (χ2v) is 10.8. The molecule has 2 N–H and O–H groups in total. The van der Waals surface area contributed by atoms with Crippen LogP contribution in [0.15, 0.2) is 66.7 Å². The third kappa shape index (κ3) is 7.80. The number of aliphatic hydroxyl groups excluding tert-OH is 1. The molecule has 1 aliphatic rings. The molecule has 0 aromatic heterocycles. The van der Waals surface area contributed by atoms with E-state index in [0.29, 0.717) is 18.0 Å². The van der Waals surface area contributed by atoms with Crippen LogP contribution in [-0.4, -0.2) is 51.0 Å². The highest BCUT2D eigenvalue weighted by atomic mass is 16.7. The number of ether oxygens (including phenoxy) is 5. The van der Waals surface area contributed by atoms with Crippen LogP contribution in [0.4, 0.5) is 0 Å². The zero-order valence-corrected chi connectivity index (χ0v) is 24.4. The molecule has 1 unspecified atom stereocenters. The third-order valence-electron chi connectivity index (χ3n) is 6.57. The maximum absolute atomic E-state index is 12.0. The summed E-state index contributed by atoms with van der Waals surface area (Å²) in [4.78, 5) is 12.0. The van der Waals surface area contributed by atoms with Gasteiger partial charge in [-0.2, -0.15) is 0 Å². The number of nitrogens with one attached hydrogen (secondary N) is 1. The summed E-state index contributed by atoms with van der Waals surface area (Å²) in [5.74, 6) is 2.42. The van der Waals surface area contributed by atoms with Crippen LogP contribution < -0.4 is 24.3 Å². The lowest BCUT2D eigenvalue weighted by Gasteiger charge is -2.18. The lowest BCUT2D eigenvalue weighted by atomic mass is 9.88. The van der Waals surface area contributed by atoms with E-state index in [9.17, 15) is 9.90 Å². The number of likely N-dealkylation sites (N-methyl/N-ethyl adjacent to an activating group) is 1. The van der Waals surface area contributed by atoms with E-state index in [4.69, 9.17) is 23.7 Å². The van der Waals surface area contributed by atoms with E-state index in [-0.39, 0.29) is 26.2 Å². The van der Waals surface area contributed by atoms with Crippen molar-refractivity contribution in [2.45, 2.75) is 40.2 Å². The van der Waals surface area contributed by atoms with Crippen LogP contribution in [0.1, 0.15) is 50.8 Å². The van der Waals surface area contributed by atoms with Gasteiger partial charge in [0.2, 0.25) is 13.6 Å². The molecule has 8 heteroatoms. The molecule has 8 nitrogen and oxygen atoms in total. The summed E-state index contributed by atoms with van der Waals surface area (Å²) in [6, 6.07) is 21.6. The van der Waals surface area contributed by atoms with E-state index < -0.39 is 11.5 Å². The Morgan fingerprint density at radius 3 is 2.07 bits per heavy atom. The molecule has 3 aromatic carbocycles. The van der Waals surface area contributed by atoms with Gasteiger partial charge in [-0.1, -0.05) is 37.3 Å². The molecule has 41 heavy (non-hydrogen) atoms. The van der Waals surface area contributed by atoms with E-state index in [1.165, 1.54) is 0 Å². The van der Waals surface area contributed by atoms with Crippen molar-refractivity contribution in [2.24, 2.45) is 5.41 Å². The van der Waals surface area contributed by atoms with Crippen LogP contribution in [-0.2, 0) is 9.53 Å². The minimum atomic E-state index is -0.592. The molecule has 0 fully saturated rings. The zero-order chi connectivity index (χ0) is 29.4. The number of benzene rings is 3. The van der Waals surface area contributed by atoms with Crippen molar-refractivity contribution in [1.29, 1.82) is 0 Å². The maximum Gasteiger partial charge on any atom is 0.314 e. The number of fused-ring (bicyclic) bond motifs is 1. The second-order valence-electron chi connectivity index (χ2n) is 10.8. The van der Waals surface area contributed by atoms with Gasteiger partial charge < -0.3 is 34.1 Å². The average Bonchev–Trinajstić information content (AvgIpc) is 3.43. The normalized spacial score (nSPS) is 13.8. The maximum atomic E-state index is 12.0. The highest BCUT2D eigenvalue weighted by Gasteiger charge is 2.23. The topological polar surface area (TPSA) is 95.5 Å². The third-order valence-corrected chi connectivity index (χ3v) is 6.57. The first-order chi connectivity index (χ1) is 19.7. The van der Waals surface area contributed by atoms with Crippen LogP contribution in [0.25, 0.3) is 11.1 Å². The summed E-state index contributed by atoms with van der Waals surface area (Å²) >= 11 is 0. The number of carbonyl (C=O) groups excluding carboxylic acids is 1. The van der Waals surface area contributed by atoms with Crippen LogP contribution in [0, 0.1) is 5.41 Å². The summed E-state index contributed by atoms with van der Waals surface area (Å²) in [7, 11) is 1.79. The molecular weight excluding hydrogens is 522 g/mol. The number of hydrogen-bond acceptors (Lipinski definition) is 8. The second kappa shape index (κ2) is 13.6. The Balaban J connectivity index is 1.63. The number of allylic oxidation sites excluding steroid dienone is 1. The average molecular weight is 562 g/mol. The molecule has 4 rings (SSSR count). The van der Waals surface area contributed by atoms with E-state index in [0.717, 1.165) is 45.8 Å². The summed E-state index contributed by atoms with van der Waals surface area (Å²) in [5.41, 5.74) is 4.64. The predicted molar refractivity (Wildman–Crippen MR) is 158 cm³/mol. The van der Waals surface area contributed by atoms with Gasteiger partial charge in [-0.05, 0) is 98.5 Å². The minimum absolute atomic E-state index is 0.153. The number of esters is 1. The fraction of sp³-hybridized carbons (Fsp3) is 0.364. The molecule has 0 bridgehead atoms. The van der Waals surface area contributed by atoms with Crippen molar-refractivity contribution in [2.75, 3.05) is 33.8 Å². The summed E-state index contributed by atoms with van der Waals surface area (Å²) in [6.07, 6.45) is 0.176. The molecule has 0 spiro atoms. The van der Waals surface area contributed by atoms with Crippen molar-refractivity contribution >= 4 is 17.1 Å². The monoisotopic (exact) mass is 561 g/mol. The van der Waals surface area contributed by atoms with Crippen molar-refractivity contribution in [3.05, 3.63) is 83.4 Å². The fourth-order valence-corrected chi connectivity index (χ4v) is 4.41. The van der Waals surface area contributed by atoms with Gasteiger partial charge in [0.25, 0.3) is 0 Å². The standard InChI is InChI=1S/C33H39NO7/c1-6-28(24-11-16-29-30(17-24)40-21-39-29)31(22-7-12-26(13-8-22)37-19-25(35)18-34-5)23-9-14-27(15-10-23)38-20-41-32(36)33(2,3)4/h7-17,25,34-35H,6,18-21H2,1-5H3. The number of hydrogen-bond donors (Lipinski definition) is 2. The predicted octanol–water partition coefficient (Wildman–Crippen LogP) is 5.67. The van der Waals surface area contributed by atoms with Crippen molar-refractivity contribution in [3.63, 3.8) is 0 Å². The highest BCUT2D eigenvalue weighted by molar-refractivity contribution is 5.99. The molecule has 3 aromatic rings. The van der Waals surface area contributed by atoms with Crippen LogP contribution >= 0.6 is 0 Å². The van der Waals surface area contributed by atoms with Crippen LogP contribution in [0.2, 0.25) is 0 Å². The van der Waals surface area contributed by atoms with Gasteiger partial charge in [-0.15, -0.1) is 0 Å². The molecule has 0 aliphatic carbocycles. The summed E-state index contributed by atoms with van der Waals surface area (Å²) in [6.45, 7) is 8.25. The molecular formula is C33H39NO7. The van der Waals surface area contributed by atoms with Gasteiger partial charge in [-0.25, -0.2) is 0 Å². The van der Waals surface area contributed by atoms with Crippen molar-refractivity contribution < 1.29 is 33.6 Å². The van der Waals surface area contributed by atoms with E-state index in [2.05, 4.69) is 12.2 Å². The van der Waals surface area contributed by atoms with Crippen LogP contribution in [0.5, 0.6) is 23.0 Å². The summed E-state index contributed by atoms with van der Waals surface area (Å²) < 4.78 is 27.9. The van der Waals surface area contributed by atoms with Crippen molar-refractivity contribution in [1.82, 2.24) is 5.32 Å². The minimum Gasteiger partial charge on any atom is -0.491 e. The lowest BCUT2D eigenvalue weighted by molar-refractivity contribution is -0.159. The van der Waals surface area contributed by atoms with Gasteiger partial charge in [-0.3, -0.25) is 4.79 Å². The van der Waals surface area contributed by atoms with Crippen molar-refractivity contribution in [3.8, 4) is 23.0 Å². The number of aliphatic hydroxyl groups is 1. The molecule has 218 valence electrons. The SMILES string of the molecule is CCC(=C(c1ccc(OCOC(=O)C(C)(C)C)cc1)c1ccc(OCC(O)CNC)cc1)c1ccc2c(c1)OCO2. The molecule has 0 radical (unpaired) electrons. The first-order valence-electron chi connectivity index (χ1n) is 13.8. The Labute approximate surface area is 241 Å². The van der Waals surface area contributed by atoms with Gasteiger partial charge >= 0.3 is 5.97 Å². The van der Waals surface area contributed by atoms with E-state index in [1.54, 1.807) is 27.8 Å². The van der Waals surface area contributed by atoms with Crippen LogP contribution in [0.3, 0.4) is 0 Å². The van der Waals surface area contributed by atoms with E-state index in [1.807, 2.05) is 66.7 Å². The Kier molecular flexibility index (Phi) is 9.91. The molecule has 1 aliphatic heterocycles. The quantitative estimate of drug-likeness (QED) is 0.166.